The molecule has 0 N–H and O–H groups in total. The molecule has 2 aromatic heterocycles. The second kappa shape index (κ2) is 6.64. The number of ether oxygens (including phenoxy) is 2. The second-order valence-electron chi connectivity index (χ2n) is 4.49. The van der Waals surface area contributed by atoms with Crippen molar-refractivity contribution in [1.29, 1.82) is 0 Å². The number of hydrogen-bond acceptors (Lipinski definition) is 5. The molecule has 2 rings (SSSR count). The van der Waals surface area contributed by atoms with Gasteiger partial charge in [-0.15, -0.1) is 0 Å². The number of fused-ring (bicyclic) bond motifs is 1. The van der Waals surface area contributed by atoms with Gasteiger partial charge >= 0.3 is 0 Å². The fraction of sp³-hybridized carbons (Fsp3) is 0.500. The summed E-state index contributed by atoms with van der Waals surface area (Å²) in [6.45, 7) is 4.87. The van der Waals surface area contributed by atoms with Crippen LogP contribution in [-0.2, 0) is 23.1 Å². The zero-order valence-electron chi connectivity index (χ0n) is 12.4. The van der Waals surface area contributed by atoms with Gasteiger partial charge < -0.3 is 9.47 Å². The molecule has 0 saturated heterocycles. The van der Waals surface area contributed by atoms with Gasteiger partial charge in [0.15, 0.2) is 6.29 Å². The molecule has 0 unspecified atom stereocenters. The standard InChI is InChI=1S/C14H19N3O4/c1-4-20-13(21-5-2)9-17-11(18)7-6-10-14(17)16(3)12(19)8-15-10/h6-8,13H,4-5,9H2,1-3H3. The Hall–Kier alpha value is -1.99. The number of hydrogen-bond donors (Lipinski definition) is 0. The van der Waals surface area contributed by atoms with Crippen LogP contribution in [0, 0.1) is 0 Å². The van der Waals surface area contributed by atoms with Gasteiger partial charge in [0.25, 0.3) is 11.1 Å². The third kappa shape index (κ3) is 3.20. The van der Waals surface area contributed by atoms with Crippen molar-refractivity contribution in [3.8, 4) is 0 Å². The average molecular weight is 293 g/mol. The smallest absolute Gasteiger partial charge is 0.270 e. The first kappa shape index (κ1) is 15.4. The van der Waals surface area contributed by atoms with Crippen molar-refractivity contribution in [3.63, 3.8) is 0 Å². The lowest BCUT2D eigenvalue weighted by molar-refractivity contribution is -0.143. The molecule has 0 aliphatic heterocycles. The first-order valence-corrected chi connectivity index (χ1v) is 6.87. The molecule has 0 aliphatic rings. The number of aromatic nitrogens is 3. The summed E-state index contributed by atoms with van der Waals surface area (Å²) in [6, 6.07) is 3.03. The van der Waals surface area contributed by atoms with Crippen molar-refractivity contribution < 1.29 is 9.47 Å². The van der Waals surface area contributed by atoms with Crippen LogP contribution in [0.15, 0.2) is 27.9 Å². The molecule has 0 aromatic carbocycles. The van der Waals surface area contributed by atoms with E-state index >= 15 is 0 Å². The highest BCUT2D eigenvalue weighted by atomic mass is 16.7. The summed E-state index contributed by atoms with van der Waals surface area (Å²) < 4.78 is 13.8. The maximum absolute atomic E-state index is 12.1. The highest BCUT2D eigenvalue weighted by molar-refractivity contribution is 5.70. The van der Waals surface area contributed by atoms with E-state index in [1.54, 1.807) is 13.1 Å². The lowest BCUT2D eigenvalue weighted by Crippen LogP contribution is -2.33. The molecule has 21 heavy (non-hydrogen) atoms. The predicted molar refractivity (Wildman–Crippen MR) is 78.3 cm³/mol. The van der Waals surface area contributed by atoms with Crippen molar-refractivity contribution in [2.24, 2.45) is 7.05 Å². The first-order chi connectivity index (χ1) is 10.1. The minimum Gasteiger partial charge on any atom is -0.351 e. The molecule has 0 atom stereocenters. The molecule has 0 aliphatic carbocycles. The number of nitrogens with zero attached hydrogens (tertiary/aromatic N) is 3. The van der Waals surface area contributed by atoms with Crippen molar-refractivity contribution in [3.05, 3.63) is 39.0 Å². The molecular weight excluding hydrogens is 274 g/mol. The zero-order valence-corrected chi connectivity index (χ0v) is 12.4. The average Bonchev–Trinajstić information content (AvgIpc) is 2.46. The Balaban J connectivity index is 2.56. The van der Waals surface area contributed by atoms with Crippen molar-refractivity contribution in [2.45, 2.75) is 26.7 Å². The lowest BCUT2D eigenvalue weighted by atomic mass is 10.3. The summed E-state index contributed by atoms with van der Waals surface area (Å²) in [5.74, 6) is 0. The normalized spacial score (nSPS) is 11.4. The molecular formula is C14H19N3O4. The van der Waals surface area contributed by atoms with E-state index < -0.39 is 6.29 Å². The molecule has 2 heterocycles. The summed E-state index contributed by atoms with van der Waals surface area (Å²) in [4.78, 5) is 28.0. The molecule has 0 amide bonds. The van der Waals surface area contributed by atoms with Crippen LogP contribution in [0.25, 0.3) is 11.2 Å². The van der Waals surface area contributed by atoms with Gasteiger partial charge in [0, 0.05) is 26.3 Å². The van der Waals surface area contributed by atoms with Crippen LogP contribution >= 0.6 is 0 Å². The van der Waals surface area contributed by atoms with Gasteiger partial charge in [-0.1, -0.05) is 0 Å². The van der Waals surface area contributed by atoms with E-state index in [1.165, 1.54) is 21.4 Å². The topological polar surface area (TPSA) is 75.4 Å². The molecule has 0 fully saturated rings. The van der Waals surface area contributed by atoms with Crippen LogP contribution in [0.3, 0.4) is 0 Å². The molecule has 114 valence electrons. The molecule has 0 saturated carbocycles. The van der Waals surface area contributed by atoms with Crippen LogP contribution in [0.4, 0.5) is 0 Å². The van der Waals surface area contributed by atoms with E-state index in [4.69, 9.17) is 9.47 Å². The van der Waals surface area contributed by atoms with E-state index in [9.17, 15) is 9.59 Å². The SMILES string of the molecule is CCOC(Cn1c(=O)ccc2ncc(=O)n(C)c21)OCC. The zero-order chi connectivity index (χ0) is 15.4. The lowest BCUT2D eigenvalue weighted by Gasteiger charge is -2.19. The monoisotopic (exact) mass is 293 g/mol. The summed E-state index contributed by atoms with van der Waals surface area (Å²) in [5, 5.41) is 0. The minimum absolute atomic E-state index is 0.205. The largest absolute Gasteiger partial charge is 0.351 e. The summed E-state index contributed by atoms with van der Waals surface area (Å²) >= 11 is 0. The summed E-state index contributed by atoms with van der Waals surface area (Å²) in [7, 11) is 1.61. The van der Waals surface area contributed by atoms with E-state index in [1.807, 2.05) is 13.8 Å². The first-order valence-electron chi connectivity index (χ1n) is 6.87. The number of aryl methyl sites for hydroxylation is 1. The molecule has 0 radical (unpaired) electrons. The Morgan fingerprint density at radius 3 is 2.43 bits per heavy atom. The van der Waals surface area contributed by atoms with Crippen molar-refractivity contribution in [2.75, 3.05) is 13.2 Å². The molecule has 2 aromatic rings. The van der Waals surface area contributed by atoms with Crippen LogP contribution < -0.4 is 11.1 Å². The van der Waals surface area contributed by atoms with Gasteiger partial charge in [-0.3, -0.25) is 18.7 Å². The van der Waals surface area contributed by atoms with Crippen LogP contribution in [0.1, 0.15) is 13.8 Å². The quantitative estimate of drug-likeness (QED) is 0.725. The fourth-order valence-electron chi connectivity index (χ4n) is 2.18. The second-order valence-corrected chi connectivity index (χ2v) is 4.49. The van der Waals surface area contributed by atoms with Gasteiger partial charge in [-0.05, 0) is 19.9 Å². The van der Waals surface area contributed by atoms with Crippen LogP contribution in [0.5, 0.6) is 0 Å². The predicted octanol–water partition coefficient (Wildman–Crippen LogP) is 0.494. The van der Waals surface area contributed by atoms with Gasteiger partial charge in [-0.2, -0.15) is 0 Å². The summed E-state index contributed by atoms with van der Waals surface area (Å²) in [5.41, 5.74) is 0.531. The van der Waals surface area contributed by atoms with Gasteiger partial charge in [0.1, 0.15) is 11.2 Å². The maximum Gasteiger partial charge on any atom is 0.270 e. The van der Waals surface area contributed by atoms with Crippen LogP contribution in [0.2, 0.25) is 0 Å². The fourth-order valence-corrected chi connectivity index (χ4v) is 2.18. The third-order valence-corrected chi connectivity index (χ3v) is 3.13. The molecule has 7 nitrogen and oxygen atoms in total. The Bertz CT molecular complexity index is 724. The van der Waals surface area contributed by atoms with Crippen molar-refractivity contribution >= 4 is 11.2 Å². The van der Waals surface area contributed by atoms with Crippen LogP contribution in [-0.4, -0.2) is 33.6 Å². The number of pyridine rings is 1. The van der Waals surface area contributed by atoms with E-state index in [0.29, 0.717) is 24.4 Å². The summed E-state index contributed by atoms with van der Waals surface area (Å²) in [6.07, 6.45) is 0.693. The minimum atomic E-state index is -0.543. The third-order valence-electron chi connectivity index (χ3n) is 3.13. The van der Waals surface area contributed by atoms with Gasteiger partial charge in [0.2, 0.25) is 0 Å². The van der Waals surface area contributed by atoms with Gasteiger partial charge in [0.05, 0.1) is 12.7 Å². The Morgan fingerprint density at radius 1 is 1.14 bits per heavy atom. The maximum atomic E-state index is 12.1. The highest BCUT2D eigenvalue weighted by Gasteiger charge is 2.14. The Morgan fingerprint density at radius 2 is 1.81 bits per heavy atom. The highest BCUT2D eigenvalue weighted by Crippen LogP contribution is 2.08. The Kier molecular flexibility index (Phi) is 4.87. The molecule has 7 heteroatoms. The van der Waals surface area contributed by atoms with E-state index in [2.05, 4.69) is 4.98 Å². The van der Waals surface area contributed by atoms with E-state index in [0.717, 1.165) is 0 Å². The number of rotatable bonds is 6. The van der Waals surface area contributed by atoms with E-state index in [-0.39, 0.29) is 17.7 Å². The van der Waals surface area contributed by atoms with Crippen molar-refractivity contribution in [1.82, 2.24) is 14.1 Å². The molecule has 0 bridgehead atoms. The van der Waals surface area contributed by atoms with Gasteiger partial charge in [-0.25, -0.2) is 4.98 Å². The Labute approximate surface area is 121 Å². The molecule has 0 spiro atoms.